The number of anilines is 1. The number of hydrogen-bond acceptors (Lipinski definition) is 6. The number of β-lactam (4-membered cyclic amide) rings is 1. The fourth-order valence-electron chi connectivity index (χ4n) is 4.09. The Morgan fingerprint density at radius 2 is 1.54 bits per heavy atom. The molecule has 2 aromatic rings. The number of nitrogens with zero attached hydrogens (tertiary/aromatic N) is 1. The van der Waals surface area contributed by atoms with Crippen LogP contribution in [0.25, 0.3) is 0 Å². The Labute approximate surface area is 163 Å². The number of phenolic OH excluding ortho intramolecular Hbond substituents is 1. The van der Waals surface area contributed by atoms with Gasteiger partial charge in [0.15, 0.2) is 23.0 Å². The van der Waals surface area contributed by atoms with Gasteiger partial charge in [0, 0.05) is 12.1 Å². The smallest absolute Gasteiger partial charge is 0.236 e. The van der Waals surface area contributed by atoms with Crippen LogP contribution >= 0.6 is 0 Å². The first-order valence-corrected chi connectivity index (χ1v) is 9.01. The van der Waals surface area contributed by atoms with Crippen molar-refractivity contribution in [2.24, 2.45) is 5.41 Å². The lowest BCUT2D eigenvalue weighted by atomic mass is 9.78. The Bertz CT molecular complexity index is 911. The minimum Gasteiger partial charge on any atom is -0.504 e. The number of methoxy groups -OCH3 is 4. The zero-order valence-electron chi connectivity index (χ0n) is 16.3. The molecule has 0 aromatic heterocycles. The summed E-state index contributed by atoms with van der Waals surface area (Å²) in [6.07, 6.45) is 1.68. The molecule has 2 aromatic carbocycles. The van der Waals surface area contributed by atoms with E-state index >= 15 is 0 Å². The molecule has 7 heteroatoms. The Morgan fingerprint density at radius 1 is 0.929 bits per heavy atom. The first-order chi connectivity index (χ1) is 13.5. The molecule has 1 N–H and O–H groups in total. The molecular formula is C21H23NO6. The van der Waals surface area contributed by atoms with Crippen LogP contribution in [0.3, 0.4) is 0 Å². The van der Waals surface area contributed by atoms with E-state index in [-0.39, 0.29) is 23.1 Å². The van der Waals surface area contributed by atoms with Gasteiger partial charge < -0.3 is 29.0 Å². The molecule has 7 nitrogen and oxygen atoms in total. The van der Waals surface area contributed by atoms with E-state index in [1.807, 2.05) is 6.07 Å². The van der Waals surface area contributed by atoms with Crippen molar-refractivity contribution in [1.82, 2.24) is 0 Å². The minimum atomic E-state index is -0.387. The number of rotatable bonds is 6. The van der Waals surface area contributed by atoms with E-state index in [4.69, 9.17) is 18.9 Å². The standard InChI is InChI=1S/C21H23NO6/c1-25-15-6-5-12(9-14(15)23)19-21(7-8-21)20(24)22(19)13-10-16(26-2)18(28-4)17(11-13)27-3/h5-6,9-11,19,23H,7-8H2,1-4H3. The topological polar surface area (TPSA) is 77.5 Å². The Kier molecular flexibility index (Phi) is 4.25. The van der Waals surface area contributed by atoms with E-state index in [2.05, 4.69) is 0 Å². The van der Waals surface area contributed by atoms with Crippen molar-refractivity contribution in [3.63, 3.8) is 0 Å². The third-order valence-electron chi connectivity index (χ3n) is 5.66. The molecule has 1 spiro atoms. The lowest BCUT2D eigenvalue weighted by molar-refractivity contribution is -0.132. The van der Waals surface area contributed by atoms with Crippen molar-refractivity contribution in [2.75, 3.05) is 33.3 Å². The van der Waals surface area contributed by atoms with Gasteiger partial charge in [0.2, 0.25) is 11.7 Å². The van der Waals surface area contributed by atoms with E-state index in [9.17, 15) is 9.90 Å². The molecule has 148 valence electrons. The number of hydrogen-bond donors (Lipinski definition) is 1. The minimum absolute atomic E-state index is 0.0555. The maximum Gasteiger partial charge on any atom is 0.236 e. The van der Waals surface area contributed by atoms with Crippen molar-refractivity contribution in [1.29, 1.82) is 0 Å². The van der Waals surface area contributed by atoms with Gasteiger partial charge in [-0.3, -0.25) is 4.79 Å². The maximum atomic E-state index is 13.0. The number of aromatic hydroxyl groups is 1. The second kappa shape index (κ2) is 6.51. The van der Waals surface area contributed by atoms with Crippen LogP contribution in [0.5, 0.6) is 28.7 Å². The summed E-state index contributed by atoms with van der Waals surface area (Å²) in [5.74, 6) is 1.97. The molecular weight excluding hydrogens is 362 g/mol. The Hall–Kier alpha value is -3.09. The number of amides is 1. The predicted octanol–water partition coefficient (Wildman–Crippen LogP) is 3.29. The van der Waals surface area contributed by atoms with Crippen molar-refractivity contribution in [3.05, 3.63) is 35.9 Å². The number of phenols is 1. The van der Waals surface area contributed by atoms with E-state index in [0.717, 1.165) is 18.4 Å². The van der Waals surface area contributed by atoms with Crippen molar-refractivity contribution in [2.45, 2.75) is 18.9 Å². The Balaban J connectivity index is 1.79. The highest BCUT2D eigenvalue weighted by Gasteiger charge is 2.68. The number of ether oxygens (including phenoxy) is 4. The van der Waals surface area contributed by atoms with Gasteiger partial charge in [0.1, 0.15) is 0 Å². The third-order valence-corrected chi connectivity index (χ3v) is 5.66. The van der Waals surface area contributed by atoms with Crippen molar-refractivity contribution >= 4 is 11.6 Å². The molecule has 0 bridgehead atoms. The van der Waals surface area contributed by atoms with E-state index < -0.39 is 0 Å². The second-order valence-corrected chi connectivity index (χ2v) is 7.05. The highest BCUT2D eigenvalue weighted by molar-refractivity contribution is 6.08. The molecule has 1 aliphatic carbocycles. The van der Waals surface area contributed by atoms with Crippen molar-refractivity contribution < 1.29 is 28.8 Å². The monoisotopic (exact) mass is 385 g/mol. The van der Waals surface area contributed by atoms with Crippen LogP contribution in [0.1, 0.15) is 24.4 Å². The first-order valence-electron chi connectivity index (χ1n) is 9.01. The summed E-state index contributed by atoms with van der Waals surface area (Å²) in [7, 11) is 6.13. The van der Waals surface area contributed by atoms with Gasteiger partial charge in [-0.15, -0.1) is 0 Å². The Morgan fingerprint density at radius 3 is 2.00 bits per heavy atom. The van der Waals surface area contributed by atoms with Crippen LogP contribution in [0.2, 0.25) is 0 Å². The van der Waals surface area contributed by atoms with Crippen LogP contribution < -0.4 is 23.8 Å². The number of benzene rings is 2. The lowest BCUT2D eigenvalue weighted by Gasteiger charge is -2.48. The molecule has 4 rings (SSSR count). The average molecular weight is 385 g/mol. The molecule has 0 radical (unpaired) electrons. The molecule has 1 aliphatic heterocycles. The van der Waals surface area contributed by atoms with Gasteiger partial charge in [-0.2, -0.15) is 0 Å². The van der Waals surface area contributed by atoms with E-state index in [1.165, 1.54) is 14.2 Å². The van der Waals surface area contributed by atoms with Gasteiger partial charge >= 0.3 is 0 Å². The average Bonchev–Trinajstić information content (AvgIpc) is 3.53. The third kappa shape index (κ3) is 2.46. The summed E-state index contributed by atoms with van der Waals surface area (Å²) in [6, 6.07) is 8.65. The lowest BCUT2D eigenvalue weighted by Crippen LogP contribution is -2.57. The highest BCUT2D eigenvalue weighted by Crippen LogP contribution is 2.67. The molecule has 1 saturated heterocycles. The normalized spacial score (nSPS) is 19.2. The van der Waals surface area contributed by atoms with E-state index in [0.29, 0.717) is 28.7 Å². The molecule has 1 heterocycles. The summed E-state index contributed by atoms with van der Waals surface area (Å²) in [5.41, 5.74) is 1.14. The van der Waals surface area contributed by atoms with Crippen LogP contribution in [-0.2, 0) is 4.79 Å². The SMILES string of the molecule is COc1ccc(C2N(c3cc(OC)c(OC)c(OC)c3)C(=O)C23CC3)cc1O. The number of carbonyl (C=O) groups excluding carboxylic acids is 1. The zero-order valence-corrected chi connectivity index (χ0v) is 16.3. The zero-order chi connectivity index (χ0) is 20.1. The summed E-state index contributed by atoms with van der Waals surface area (Å²) in [4.78, 5) is 14.8. The van der Waals surface area contributed by atoms with Gasteiger partial charge in [-0.05, 0) is 30.5 Å². The van der Waals surface area contributed by atoms with Crippen LogP contribution in [0.4, 0.5) is 5.69 Å². The fraction of sp³-hybridized carbons (Fsp3) is 0.381. The fourth-order valence-corrected chi connectivity index (χ4v) is 4.09. The molecule has 1 unspecified atom stereocenters. The summed E-state index contributed by atoms with van der Waals surface area (Å²) >= 11 is 0. The van der Waals surface area contributed by atoms with Crippen LogP contribution in [-0.4, -0.2) is 39.5 Å². The van der Waals surface area contributed by atoms with Gasteiger partial charge in [0.05, 0.1) is 45.6 Å². The van der Waals surface area contributed by atoms with Crippen LogP contribution in [0.15, 0.2) is 30.3 Å². The molecule has 28 heavy (non-hydrogen) atoms. The van der Waals surface area contributed by atoms with Gasteiger partial charge in [-0.25, -0.2) is 0 Å². The molecule has 2 aliphatic rings. The summed E-state index contributed by atoms with van der Waals surface area (Å²) in [5, 5.41) is 10.2. The molecule has 1 saturated carbocycles. The van der Waals surface area contributed by atoms with E-state index in [1.54, 1.807) is 43.4 Å². The van der Waals surface area contributed by atoms with Crippen LogP contribution in [0, 0.1) is 5.41 Å². The largest absolute Gasteiger partial charge is 0.504 e. The maximum absolute atomic E-state index is 13.0. The molecule has 1 atom stereocenters. The quantitative estimate of drug-likeness (QED) is 0.769. The predicted molar refractivity (Wildman–Crippen MR) is 103 cm³/mol. The second-order valence-electron chi connectivity index (χ2n) is 7.05. The molecule has 1 amide bonds. The van der Waals surface area contributed by atoms with Crippen molar-refractivity contribution in [3.8, 4) is 28.7 Å². The van der Waals surface area contributed by atoms with Gasteiger partial charge in [0.25, 0.3) is 0 Å². The number of carbonyl (C=O) groups is 1. The van der Waals surface area contributed by atoms with Gasteiger partial charge in [-0.1, -0.05) is 6.07 Å². The first kappa shape index (κ1) is 18.3. The summed E-state index contributed by atoms with van der Waals surface area (Å²) < 4.78 is 21.4. The molecule has 2 fully saturated rings. The summed E-state index contributed by atoms with van der Waals surface area (Å²) in [6.45, 7) is 0. The highest BCUT2D eigenvalue weighted by atomic mass is 16.5.